The van der Waals surface area contributed by atoms with Gasteiger partial charge in [0.2, 0.25) is 0 Å². The van der Waals surface area contributed by atoms with Gasteiger partial charge in [-0.15, -0.1) is 0 Å². The van der Waals surface area contributed by atoms with Crippen molar-refractivity contribution in [3.05, 3.63) is 35.4 Å². The number of nitrogen functional groups attached to an aromatic ring is 1. The number of amidine groups is 1. The molecular weight excluding hydrogens is 236 g/mol. The van der Waals surface area contributed by atoms with Crippen molar-refractivity contribution in [1.29, 1.82) is 5.41 Å². The van der Waals surface area contributed by atoms with Crippen LogP contribution in [0.4, 0.5) is 0 Å². The minimum atomic E-state index is 0.136. The number of piperazine rings is 1. The highest BCUT2D eigenvalue weighted by Crippen LogP contribution is 2.11. The molecule has 1 aliphatic rings. The zero-order chi connectivity index (χ0) is 13.8. The number of benzene rings is 1. The maximum absolute atomic E-state index is 7.38. The van der Waals surface area contributed by atoms with Crippen LogP contribution in [0.3, 0.4) is 0 Å². The van der Waals surface area contributed by atoms with Gasteiger partial charge in [0.05, 0.1) is 0 Å². The summed E-state index contributed by atoms with van der Waals surface area (Å²) in [5, 5.41) is 7.38. The summed E-state index contributed by atoms with van der Waals surface area (Å²) in [7, 11) is 0. The number of hydrogen-bond donors (Lipinski definition) is 2. The van der Waals surface area contributed by atoms with Crippen molar-refractivity contribution < 1.29 is 0 Å². The Bertz CT molecular complexity index is 416. The van der Waals surface area contributed by atoms with Crippen LogP contribution in [0.5, 0.6) is 0 Å². The normalized spacial score (nSPS) is 17.8. The second kappa shape index (κ2) is 6.17. The molecule has 1 aromatic rings. The number of nitrogens with two attached hydrogens (primary N) is 1. The topological polar surface area (TPSA) is 56.4 Å². The minimum Gasteiger partial charge on any atom is -0.384 e. The van der Waals surface area contributed by atoms with E-state index in [1.54, 1.807) is 0 Å². The van der Waals surface area contributed by atoms with Crippen LogP contribution in [-0.4, -0.2) is 47.9 Å². The van der Waals surface area contributed by atoms with Crippen LogP contribution in [0, 0.1) is 5.41 Å². The van der Waals surface area contributed by atoms with Crippen molar-refractivity contribution in [1.82, 2.24) is 9.80 Å². The standard InChI is InChI=1S/C15H24N4/c1-12(2)19-9-7-18(8-10-19)11-13-3-5-14(6-4-13)15(16)17/h3-6,12H,7-11H2,1-2H3,(H3,16,17). The molecule has 4 heteroatoms. The lowest BCUT2D eigenvalue weighted by Crippen LogP contribution is -2.48. The summed E-state index contributed by atoms with van der Waals surface area (Å²) < 4.78 is 0. The van der Waals surface area contributed by atoms with Crippen molar-refractivity contribution in [2.24, 2.45) is 5.73 Å². The smallest absolute Gasteiger partial charge is 0.122 e. The van der Waals surface area contributed by atoms with E-state index in [1.807, 2.05) is 12.1 Å². The molecule has 3 N–H and O–H groups in total. The molecule has 0 spiro atoms. The molecular formula is C15H24N4. The van der Waals surface area contributed by atoms with E-state index in [0.717, 1.165) is 38.3 Å². The van der Waals surface area contributed by atoms with E-state index in [-0.39, 0.29) is 5.84 Å². The Kier molecular flexibility index (Phi) is 4.56. The van der Waals surface area contributed by atoms with Gasteiger partial charge in [-0.3, -0.25) is 15.2 Å². The molecule has 0 unspecified atom stereocenters. The van der Waals surface area contributed by atoms with E-state index in [4.69, 9.17) is 11.1 Å². The van der Waals surface area contributed by atoms with Gasteiger partial charge in [0, 0.05) is 44.3 Å². The van der Waals surface area contributed by atoms with E-state index >= 15 is 0 Å². The number of rotatable bonds is 4. The van der Waals surface area contributed by atoms with Gasteiger partial charge < -0.3 is 5.73 Å². The molecule has 0 amide bonds. The highest BCUT2D eigenvalue weighted by atomic mass is 15.3. The summed E-state index contributed by atoms with van der Waals surface area (Å²) in [6, 6.07) is 8.67. The Morgan fingerprint density at radius 2 is 1.74 bits per heavy atom. The highest BCUT2D eigenvalue weighted by molar-refractivity contribution is 5.94. The summed E-state index contributed by atoms with van der Waals surface area (Å²) in [5.74, 6) is 0.136. The number of hydrogen-bond acceptors (Lipinski definition) is 3. The Balaban J connectivity index is 1.87. The first-order chi connectivity index (χ1) is 9.06. The molecule has 19 heavy (non-hydrogen) atoms. The Labute approximate surface area is 115 Å². The van der Waals surface area contributed by atoms with Crippen molar-refractivity contribution in [3.63, 3.8) is 0 Å². The zero-order valence-corrected chi connectivity index (χ0v) is 11.9. The third-order valence-electron chi connectivity index (χ3n) is 3.81. The molecule has 104 valence electrons. The summed E-state index contributed by atoms with van der Waals surface area (Å²) in [5.41, 5.74) is 7.55. The molecule has 0 aromatic heterocycles. The van der Waals surface area contributed by atoms with E-state index in [1.165, 1.54) is 5.56 Å². The monoisotopic (exact) mass is 260 g/mol. The molecule has 1 aromatic carbocycles. The Morgan fingerprint density at radius 1 is 1.16 bits per heavy atom. The Hall–Kier alpha value is -1.39. The fourth-order valence-corrected chi connectivity index (χ4v) is 2.49. The quantitative estimate of drug-likeness (QED) is 0.637. The molecule has 1 saturated heterocycles. The van der Waals surface area contributed by atoms with Gasteiger partial charge in [0.1, 0.15) is 5.84 Å². The van der Waals surface area contributed by atoms with Gasteiger partial charge in [-0.2, -0.15) is 0 Å². The fraction of sp³-hybridized carbons (Fsp3) is 0.533. The molecule has 4 nitrogen and oxygen atoms in total. The zero-order valence-electron chi connectivity index (χ0n) is 11.9. The average molecular weight is 260 g/mol. The largest absolute Gasteiger partial charge is 0.384 e. The molecule has 0 atom stereocenters. The van der Waals surface area contributed by atoms with E-state index in [9.17, 15) is 0 Å². The van der Waals surface area contributed by atoms with Gasteiger partial charge in [0.15, 0.2) is 0 Å². The predicted octanol–water partition coefficient (Wildman–Crippen LogP) is 1.50. The summed E-state index contributed by atoms with van der Waals surface area (Å²) in [4.78, 5) is 5.01. The maximum Gasteiger partial charge on any atom is 0.122 e. The summed E-state index contributed by atoms with van der Waals surface area (Å²) in [6.45, 7) is 10.1. The SMILES string of the molecule is CC(C)N1CCN(Cc2ccc(C(=N)N)cc2)CC1. The first-order valence-electron chi connectivity index (χ1n) is 6.96. The minimum absolute atomic E-state index is 0.136. The fourth-order valence-electron chi connectivity index (χ4n) is 2.49. The van der Waals surface area contributed by atoms with Crippen LogP contribution in [0.2, 0.25) is 0 Å². The molecule has 1 heterocycles. The average Bonchev–Trinajstić information content (AvgIpc) is 2.40. The lowest BCUT2D eigenvalue weighted by Gasteiger charge is -2.36. The van der Waals surface area contributed by atoms with Crippen molar-refractivity contribution in [2.75, 3.05) is 26.2 Å². The lowest BCUT2D eigenvalue weighted by atomic mass is 10.1. The van der Waals surface area contributed by atoms with Crippen LogP contribution in [0.15, 0.2) is 24.3 Å². The Morgan fingerprint density at radius 3 is 2.21 bits per heavy atom. The second-order valence-corrected chi connectivity index (χ2v) is 5.52. The van der Waals surface area contributed by atoms with Crippen LogP contribution >= 0.6 is 0 Å². The third-order valence-corrected chi connectivity index (χ3v) is 3.81. The molecule has 0 aliphatic carbocycles. The van der Waals surface area contributed by atoms with Gasteiger partial charge in [-0.1, -0.05) is 24.3 Å². The van der Waals surface area contributed by atoms with Crippen LogP contribution in [0.25, 0.3) is 0 Å². The first-order valence-corrected chi connectivity index (χ1v) is 6.96. The van der Waals surface area contributed by atoms with Crippen LogP contribution < -0.4 is 5.73 Å². The lowest BCUT2D eigenvalue weighted by molar-refractivity contribution is 0.104. The van der Waals surface area contributed by atoms with Crippen LogP contribution in [-0.2, 0) is 6.54 Å². The molecule has 1 fully saturated rings. The van der Waals surface area contributed by atoms with Crippen molar-refractivity contribution >= 4 is 5.84 Å². The van der Waals surface area contributed by atoms with E-state index in [2.05, 4.69) is 35.8 Å². The van der Waals surface area contributed by atoms with Crippen molar-refractivity contribution in [2.45, 2.75) is 26.4 Å². The first kappa shape index (κ1) is 14.0. The summed E-state index contributed by atoms with van der Waals surface area (Å²) in [6.07, 6.45) is 0. The maximum atomic E-state index is 7.38. The van der Waals surface area contributed by atoms with Crippen molar-refractivity contribution in [3.8, 4) is 0 Å². The van der Waals surface area contributed by atoms with Crippen LogP contribution in [0.1, 0.15) is 25.0 Å². The second-order valence-electron chi connectivity index (χ2n) is 5.52. The van der Waals surface area contributed by atoms with Gasteiger partial charge >= 0.3 is 0 Å². The van der Waals surface area contributed by atoms with Gasteiger partial charge in [-0.25, -0.2) is 0 Å². The molecule has 0 bridgehead atoms. The predicted molar refractivity (Wildman–Crippen MR) is 79.4 cm³/mol. The molecule has 0 radical (unpaired) electrons. The number of nitrogens with one attached hydrogen (secondary N) is 1. The molecule has 0 saturated carbocycles. The van der Waals surface area contributed by atoms with Gasteiger partial charge in [-0.05, 0) is 19.4 Å². The van der Waals surface area contributed by atoms with E-state index < -0.39 is 0 Å². The third kappa shape index (κ3) is 3.78. The highest BCUT2D eigenvalue weighted by Gasteiger charge is 2.18. The molecule has 2 rings (SSSR count). The summed E-state index contributed by atoms with van der Waals surface area (Å²) >= 11 is 0. The van der Waals surface area contributed by atoms with Gasteiger partial charge in [0.25, 0.3) is 0 Å². The van der Waals surface area contributed by atoms with E-state index in [0.29, 0.717) is 6.04 Å². The molecule has 1 aliphatic heterocycles. The number of nitrogens with zero attached hydrogens (tertiary/aromatic N) is 2.